The number of nitrogens with one attached hydrogen (secondary N) is 2. The van der Waals surface area contributed by atoms with Gasteiger partial charge in [0.1, 0.15) is 5.01 Å². The predicted octanol–water partition coefficient (Wildman–Crippen LogP) is 2.36. The van der Waals surface area contributed by atoms with Crippen LogP contribution in [0.3, 0.4) is 0 Å². The van der Waals surface area contributed by atoms with Crippen LogP contribution in [0.1, 0.15) is 29.3 Å². The second-order valence-electron chi connectivity index (χ2n) is 4.75. The largest absolute Gasteiger partial charge is 0.478 e. The van der Waals surface area contributed by atoms with Gasteiger partial charge in [-0.3, -0.25) is 4.99 Å². The van der Waals surface area contributed by atoms with E-state index in [1.807, 2.05) is 25.3 Å². The molecule has 2 rings (SSSR count). The molecule has 23 heavy (non-hydrogen) atoms. The SMILES string of the molecule is CCOc1ncccc1CNC(=NC)NCc1ncc(CC)s1. The van der Waals surface area contributed by atoms with Crippen molar-refractivity contribution >= 4 is 17.3 Å². The maximum absolute atomic E-state index is 5.53. The van der Waals surface area contributed by atoms with Crippen molar-refractivity contribution in [2.75, 3.05) is 13.7 Å². The minimum absolute atomic E-state index is 0.598. The highest BCUT2D eigenvalue weighted by Crippen LogP contribution is 2.14. The molecule has 0 aliphatic rings. The maximum atomic E-state index is 5.53. The van der Waals surface area contributed by atoms with Crippen molar-refractivity contribution in [2.45, 2.75) is 33.4 Å². The zero-order valence-corrected chi connectivity index (χ0v) is 14.6. The van der Waals surface area contributed by atoms with Gasteiger partial charge in [-0.25, -0.2) is 9.97 Å². The molecule has 0 fully saturated rings. The van der Waals surface area contributed by atoms with Gasteiger partial charge >= 0.3 is 0 Å². The maximum Gasteiger partial charge on any atom is 0.218 e. The third kappa shape index (κ3) is 5.21. The number of hydrogen-bond donors (Lipinski definition) is 2. The molecule has 0 bridgehead atoms. The molecule has 7 heteroatoms. The molecule has 2 aromatic rings. The summed E-state index contributed by atoms with van der Waals surface area (Å²) in [5.74, 6) is 1.38. The average molecular weight is 333 g/mol. The number of thiazole rings is 1. The van der Waals surface area contributed by atoms with Gasteiger partial charge < -0.3 is 15.4 Å². The van der Waals surface area contributed by atoms with Crippen molar-refractivity contribution in [2.24, 2.45) is 4.99 Å². The van der Waals surface area contributed by atoms with Gasteiger partial charge in [0.25, 0.3) is 0 Å². The molecule has 0 spiro atoms. The van der Waals surface area contributed by atoms with Crippen LogP contribution in [0.4, 0.5) is 0 Å². The Morgan fingerprint density at radius 2 is 2.09 bits per heavy atom. The third-order valence-corrected chi connectivity index (χ3v) is 4.30. The summed E-state index contributed by atoms with van der Waals surface area (Å²) >= 11 is 1.72. The van der Waals surface area contributed by atoms with Crippen LogP contribution in [0.5, 0.6) is 5.88 Å². The highest BCUT2D eigenvalue weighted by Gasteiger charge is 2.06. The molecule has 0 aliphatic heterocycles. The summed E-state index contributed by atoms with van der Waals surface area (Å²) in [6.07, 6.45) is 4.68. The van der Waals surface area contributed by atoms with Gasteiger partial charge in [0.2, 0.25) is 5.88 Å². The normalized spacial score (nSPS) is 11.3. The Morgan fingerprint density at radius 3 is 2.78 bits per heavy atom. The molecule has 0 unspecified atom stereocenters. The Morgan fingerprint density at radius 1 is 1.26 bits per heavy atom. The Bertz CT molecular complexity index is 641. The van der Waals surface area contributed by atoms with Crippen LogP contribution in [0, 0.1) is 0 Å². The molecule has 0 saturated carbocycles. The Labute approximate surface area is 141 Å². The van der Waals surface area contributed by atoms with E-state index in [2.05, 4.69) is 32.5 Å². The van der Waals surface area contributed by atoms with Crippen molar-refractivity contribution in [1.29, 1.82) is 0 Å². The van der Waals surface area contributed by atoms with E-state index >= 15 is 0 Å². The molecule has 2 N–H and O–H groups in total. The standard InChI is InChI=1S/C16H23N5OS/c1-4-13-10-19-14(23-13)11-21-16(17-3)20-9-12-7-6-8-18-15(12)22-5-2/h6-8,10H,4-5,9,11H2,1-3H3,(H2,17,20,21). The summed E-state index contributed by atoms with van der Waals surface area (Å²) in [6, 6.07) is 3.89. The smallest absolute Gasteiger partial charge is 0.218 e. The highest BCUT2D eigenvalue weighted by molar-refractivity contribution is 7.11. The Hall–Kier alpha value is -2.15. The van der Waals surface area contributed by atoms with Crippen LogP contribution in [-0.4, -0.2) is 29.6 Å². The van der Waals surface area contributed by atoms with E-state index in [1.54, 1.807) is 24.6 Å². The van der Waals surface area contributed by atoms with Crippen LogP contribution in [0.15, 0.2) is 29.5 Å². The summed E-state index contributed by atoms with van der Waals surface area (Å²) in [7, 11) is 1.75. The van der Waals surface area contributed by atoms with Crippen molar-refractivity contribution in [3.05, 3.63) is 40.0 Å². The Kier molecular flexibility index (Phi) is 6.80. The third-order valence-electron chi connectivity index (χ3n) is 3.16. The monoisotopic (exact) mass is 333 g/mol. The topological polar surface area (TPSA) is 71.4 Å². The summed E-state index contributed by atoms with van der Waals surface area (Å²) in [5, 5.41) is 7.60. The van der Waals surface area contributed by atoms with Crippen LogP contribution in [0.25, 0.3) is 0 Å². The number of nitrogens with zero attached hydrogens (tertiary/aromatic N) is 3. The number of ether oxygens (including phenoxy) is 1. The summed E-state index contributed by atoms with van der Waals surface area (Å²) in [6.45, 7) is 5.94. The first-order valence-electron chi connectivity index (χ1n) is 7.71. The lowest BCUT2D eigenvalue weighted by atomic mass is 10.2. The summed E-state index contributed by atoms with van der Waals surface area (Å²) < 4.78 is 5.53. The molecule has 0 aliphatic carbocycles. The van der Waals surface area contributed by atoms with Crippen molar-refractivity contribution in [3.8, 4) is 5.88 Å². The molecule has 6 nitrogen and oxygen atoms in total. The van der Waals surface area contributed by atoms with Crippen molar-refractivity contribution in [3.63, 3.8) is 0 Å². The predicted molar refractivity (Wildman–Crippen MR) is 93.9 cm³/mol. The first-order chi connectivity index (χ1) is 11.3. The summed E-state index contributed by atoms with van der Waals surface area (Å²) in [4.78, 5) is 14.2. The minimum atomic E-state index is 0.598. The Balaban J connectivity index is 1.88. The quantitative estimate of drug-likeness (QED) is 0.601. The van der Waals surface area contributed by atoms with Gasteiger partial charge in [-0.15, -0.1) is 11.3 Å². The number of pyridine rings is 1. The number of aromatic nitrogens is 2. The van der Waals surface area contributed by atoms with Crippen LogP contribution < -0.4 is 15.4 Å². The van der Waals surface area contributed by atoms with E-state index in [0.717, 1.165) is 23.0 Å². The van der Waals surface area contributed by atoms with Gasteiger partial charge in [-0.05, 0) is 19.4 Å². The van der Waals surface area contributed by atoms with E-state index < -0.39 is 0 Å². The second kappa shape index (κ2) is 9.09. The van der Waals surface area contributed by atoms with E-state index in [1.165, 1.54) is 4.88 Å². The van der Waals surface area contributed by atoms with Gasteiger partial charge in [-0.2, -0.15) is 0 Å². The molecule has 124 valence electrons. The molecule has 0 atom stereocenters. The van der Waals surface area contributed by atoms with Gasteiger partial charge in [0.05, 0.1) is 13.2 Å². The number of hydrogen-bond acceptors (Lipinski definition) is 5. The lowest BCUT2D eigenvalue weighted by Crippen LogP contribution is -2.36. The zero-order chi connectivity index (χ0) is 16.5. The van der Waals surface area contributed by atoms with E-state index in [0.29, 0.717) is 25.6 Å². The first kappa shape index (κ1) is 17.2. The fourth-order valence-corrected chi connectivity index (χ4v) is 2.78. The van der Waals surface area contributed by atoms with Crippen molar-refractivity contribution in [1.82, 2.24) is 20.6 Å². The fourth-order valence-electron chi connectivity index (χ4n) is 1.98. The van der Waals surface area contributed by atoms with Gasteiger partial charge in [0.15, 0.2) is 5.96 Å². The molecule has 0 amide bonds. The van der Waals surface area contributed by atoms with E-state index in [-0.39, 0.29) is 0 Å². The summed E-state index contributed by atoms with van der Waals surface area (Å²) in [5.41, 5.74) is 1.000. The molecule has 0 saturated heterocycles. The molecular weight excluding hydrogens is 310 g/mol. The molecule has 0 radical (unpaired) electrons. The molecule has 2 aromatic heterocycles. The number of aliphatic imine (C=N–C) groups is 1. The average Bonchev–Trinajstić information content (AvgIpc) is 3.04. The molecule has 2 heterocycles. The first-order valence-corrected chi connectivity index (χ1v) is 8.53. The molecular formula is C16H23N5OS. The van der Waals surface area contributed by atoms with E-state index in [9.17, 15) is 0 Å². The fraction of sp³-hybridized carbons (Fsp3) is 0.438. The molecule has 0 aromatic carbocycles. The number of guanidine groups is 1. The van der Waals surface area contributed by atoms with Crippen LogP contribution in [0.2, 0.25) is 0 Å². The van der Waals surface area contributed by atoms with Crippen molar-refractivity contribution < 1.29 is 4.74 Å². The number of rotatable bonds is 7. The lowest BCUT2D eigenvalue weighted by molar-refractivity contribution is 0.322. The van der Waals surface area contributed by atoms with E-state index in [4.69, 9.17) is 4.74 Å². The minimum Gasteiger partial charge on any atom is -0.478 e. The van der Waals surface area contributed by atoms with Gasteiger partial charge in [-0.1, -0.05) is 13.0 Å². The second-order valence-corrected chi connectivity index (χ2v) is 5.95. The lowest BCUT2D eigenvalue weighted by Gasteiger charge is -2.13. The van der Waals surface area contributed by atoms with Crippen LogP contribution in [-0.2, 0) is 19.5 Å². The van der Waals surface area contributed by atoms with Gasteiger partial charge in [0, 0.05) is 36.4 Å². The number of aryl methyl sites for hydroxylation is 1. The van der Waals surface area contributed by atoms with Crippen LogP contribution >= 0.6 is 11.3 Å². The zero-order valence-electron chi connectivity index (χ0n) is 13.8. The highest BCUT2D eigenvalue weighted by atomic mass is 32.1.